The van der Waals surface area contributed by atoms with E-state index in [9.17, 15) is 8.42 Å². The molecule has 1 atom stereocenters. The van der Waals surface area contributed by atoms with Gasteiger partial charge in [-0.3, -0.25) is 0 Å². The van der Waals surface area contributed by atoms with Gasteiger partial charge in [0.1, 0.15) is 0 Å². The third-order valence-electron chi connectivity index (χ3n) is 4.26. The lowest BCUT2D eigenvalue weighted by Crippen LogP contribution is -2.32. The lowest BCUT2D eigenvalue weighted by Gasteiger charge is -2.20. The second-order valence-electron chi connectivity index (χ2n) is 6.68. The minimum absolute atomic E-state index is 0.0125. The average Bonchev–Trinajstić information content (AvgIpc) is 2.59. The number of thiocarbonyl (C=S) groups is 1. The van der Waals surface area contributed by atoms with Crippen LogP contribution in [-0.2, 0) is 9.84 Å². The lowest BCUT2D eigenvalue weighted by molar-refractivity contribution is 0.601. The van der Waals surface area contributed by atoms with Gasteiger partial charge in [0.05, 0.1) is 10.9 Å². The maximum absolute atomic E-state index is 11.6. The normalized spacial score (nSPS) is 12.7. The quantitative estimate of drug-likeness (QED) is 0.703. The Hall–Kier alpha value is -1.92. The first-order valence-electron chi connectivity index (χ1n) is 8.68. The van der Waals surface area contributed by atoms with Crippen molar-refractivity contribution >= 4 is 32.9 Å². The molecule has 0 bridgehead atoms. The van der Waals surface area contributed by atoms with Crippen LogP contribution in [0.25, 0.3) is 0 Å². The van der Waals surface area contributed by atoms with E-state index >= 15 is 0 Å². The highest BCUT2D eigenvalue weighted by Gasteiger charge is 2.13. The molecule has 0 unspecified atom stereocenters. The predicted octanol–water partition coefficient (Wildman–Crippen LogP) is 4.65. The Balaban J connectivity index is 2.03. The van der Waals surface area contributed by atoms with Crippen LogP contribution in [0.15, 0.2) is 53.4 Å². The molecule has 0 saturated heterocycles. The van der Waals surface area contributed by atoms with Crippen molar-refractivity contribution in [1.29, 1.82) is 0 Å². The van der Waals surface area contributed by atoms with Gasteiger partial charge in [0.15, 0.2) is 14.9 Å². The van der Waals surface area contributed by atoms with Crippen molar-refractivity contribution in [3.63, 3.8) is 0 Å². The molecule has 0 radical (unpaired) electrons. The second-order valence-corrected chi connectivity index (χ2v) is 9.10. The van der Waals surface area contributed by atoms with Gasteiger partial charge in [0.25, 0.3) is 0 Å². The van der Waals surface area contributed by atoms with Gasteiger partial charge in [-0.05, 0) is 59.9 Å². The summed E-state index contributed by atoms with van der Waals surface area (Å²) >= 11 is 5.43. The second kappa shape index (κ2) is 8.64. The van der Waals surface area contributed by atoms with Crippen molar-refractivity contribution in [2.75, 3.05) is 11.6 Å². The Kier molecular flexibility index (Phi) is 6.78. The zero-order chi connectivity index (χ0) is 19.3. The van der Waals surface area contributed by atoms with E-state index in [1.807, 2.05) is 24.3 Å². The summed E-state index contributed by atoms with van der Waals surface area (Å²) in [5.41, 5.74) is 3.22. The van der Waals surface area contributed by atoms with E-state index < -0.39 is 9.84 Å². The molecule has 4 nitrogen and oxygen atoms in total. The number of nitrogens with one attached hydrogen (secondary N) is 2. The Labute approximate surface area is 161 Å². The van der Waals surface area contributed by atoms with Crippen LogP contribution >= 0.6 is 12.2 Å². The highest BCUT2D eigenvalue weighted by Crippen LogP contribution is 2.20. The molecule has 0 fully saturated rings. The third-order valence-corrected chi connectivity index (χ3v) is 5.61. The fourth-order valence-corrected chi connectivity index (χ4v) is 3.54. The monoisotopic (exact) mass is 390 g/mol. The van der Waals surface area contributed by atoms with Crippen LogP contribution in [0.3, 0.4) is 0 Å². The summed E-state index contributed by atoms with van der Waals surface area (Å²) < 4.78 is 23.2. The summed E-state index contributed by atoms with van der Waals surface area (Å²) in [5, 5.41) is 7.04. The highest BCUT2D eigenvalue weighted by molar-refractivity contribution is 7.90. The molecule has 0 aliphatic rings. The third kappa shape index (κ3) is 5.54. The summed E-state index contributed by atoms with van der Waals surface area (Å²) in [5.74, 6) is 0.494. The van der Waals surface area contributed by atoms with Gasteiger partial charge < -0.3 is 10.6 Å². The topological polar surface area (TPSA) is 58.2 Å². The molecule has 0 aliphatic heterocycles. The van der Waals surface area contributed by atoms with Crippen molar-refractivity contribution in [2.24, 2.45) is 0 Å². The Morgan fingerprint density at radius 3 is 2.00 bits per heavy atom. The molecule has 0 spiro atoms. The van der Waals surface area contributed by atoms with Gasteiger partial charge in [-0.1, -0.05) is 45.0 Å². The number of sulfone groups is 1. The van der Waals surface area contributed by atoms with E-state index in [0.717, 1.165) is 17.7 Å². The van der Waals surface area contributed by atoms with E-state index in [-0.39, 0.29) is 6.04 Å². The molecule has 2 N–H and O–H groups in total. The van der Waals surface area contributed by atoms with Crippen LogP contribution in [0, 0.1) is 0 Å². The van der Waals surface area contributed by atoms with Crippen molar-refractivity contribution in [1.82, 2.24) is 5.32 Å². The van der Waals surface area contributed by atoms with Crippen molar-refractivity contribution in [2.45, 2.75) is 44.0 Å². The van der Waals surface area contributed by atoms with Crippen LogP contribution in [0.5, 0.6) is 0 Å². The summed E-state index contributed by atoms with van der Waals surface area (Å²) in [4.78, 5) is 0.321. The number of benzene rings is 2. The minimum Gasteiger partial charge on any atom is -0.356 e. The average molecular weight is 391 g/mol. The molecule has 2 aromatic carbocycles. The number of anilines is 1. The minimum atomic E-state index is -3.18. The van der Waals surface area contributed by atoms with Crippen molar-refractivity contribution < 1.29 is 8.42 Å². The molecule has 2 aromatic rings. The number of rotatable bonds is 6. The Morgan fingerprint density at radius 1 is 1.00 bits per heavy atom. The molecule has 0 aromatic heterocycles. The largest absolute Gasteiger partial charge is 0.356 e. The van der Waals surface area contributed by atoms with Crippen LogP contribution < -0.4 is 10.6 Å². The fraction of sp³-hybridized carbons (Fsp3) is 0.350. The number of hydrogen-bond donors (Lipinski definition) is 2. The van der Waals surface area contributed by atoms with Crippen molar-refractivity contribution in [3.8, 4) is 0 Å². The van der Waals surface area contributed by atoms with E-state index in [0.29, 0.717) is 15.9 Å². The first-order valence-corrected chi connectivity index (χ1v) is 11.0. The van der Waals surface area contributed by atoms with Crippen LogP contribution in [-0.4, -0.2) is 19.8 Å². The Bertz CT molecular complexity index is 842. The van der Waals surface area contributed by atoms with E-state index in [1.54, 1.807) is 12.1 Å². The standard InChI is InChI=1S/C20H26N2O2S2/c1-5-19(16-8-12-18(13-9-16)26(4,23)24)22-20(25)21-17-10-6-15(7-11-17)14(2)3/h6-14,19H,5H2,1-4H3,(H2,21,22,25)/t19-/m0/s1. The van der Waals surface area contributed by atoms with Gasteiger partial charge in [-0.15, -0.1) is 0 Å². The lowest BCUT2D eigenvalue weighted by atomic mass is 10.0. The zero-order valence-electron chi connectivity index (χ0n) is 15.6. The molecule has 0 amide bonds. The fourth-order valence-electron chi connectivity index (χ4n) is 2.65. The molecule has 6 heteroatoms. The van der Waals surface area contributed by atoms with E-state index in [4.69, 9.17) is 12.2 Å². The van der Waals surface area contributed by atoms with Crippen LogP contribution in [0.2, 0.25) is 0 Å². The van der Waals surface area contributed by atoms with Gasteiger partial charge in [-0.25, -0.2) is 8.42 Å². The van der Waals surface area contributed by atoms with Gasteiger partial charge in [0.2, 0.25) is 0 Å². The molecule has 26 heavy (non-hydrogen) atoms. The SMILES string of the molecule is CC[C@H](NC(=S)Nc1ccc(C(C)C)cc1)c1ccc(S(C)(=O)=O)cc1. The smallest absolute Gasteiger partial charge is 0.175 e. The first kappa shape index (κ1) is 20.4. The summed E-state index contributed by atoms with van der Waals surface area (Å²) in [6.07, 6.45) is 2.04. The molecule has 0 saturated carbocycles. The molecular formula is C20H26N2O2S2. The first-order chi connectivity index (χ1) is 12.2. The maximum atomic E-state index is 11.6. The summed E-state index contributed by atoms with van der Waals surface area (Å²) in [6.45, 7) is 6.38. The van der Waals surface area contributed by atoms with Gasteiger partial charge in [-0.2, -0.15) is 0 Å². The molecule has 2 rings (SSSR count). The van der Waals surface area contributed by atoms with E-state index in [2.05, 4.69) is 43.5 Å². The molecule has 0 aliphatic carbocycles. The highest BCUT2D eigenvalue weighted by atomic mass is 32.2. The Morgan fingerprint density at radius 2 is 1.54 bits per heavy atom. The predicted molar refractivity (Wildman–Crippen MR) is 112 cm³/mol. The maximum Gasteiger partial charge on any atom is 0.175 e. The summed E-state index contributed by atoms with van der Waals surface area (Å²) in [7, 11) is -3.18. The molecule has 140 valence electrons. The molecule has 0 heterocycles. The summed E-state index contributed by atoms with van der Waals surface area (Å²) in [6, 6.07) is 15.2. The molecular weight excluding hydrogens is 364 g/mol. The van der Waals surface area contributed by atoms with Crippen LogP contribution in [0.4, 0.5) is 5.69 Å². The van der Waals surface area contributed by atoms with Gasteiger partial charge in [0, 0.05) is 11.9 Å². The van der Waals surface area contributed by atoms with E-state index in [1.165, 1.54) is 11.8 Å². The van der Waals surface area contributed by atoms with Gasteiger partial charge >= 0.3 is 0 Å². The number of hydrogen-bond acceptors (Lipinski definition) is 3. The van der Waals surface area contributed by atoms with Crippen molar-refractivity contribution in [3.05, 3.63) is 59.7 Å². The van der Waals surface area contributed by atoms with Crippen LogP contribution in [0.1, 0.15) is 50.3 Å². The zero-order valence-corrected chi connectivity index (χ0v) is 17.2.